The summed E-state index contributed by atoms with van der Waals surface area (Å²) in [4.78, 5) is 25.8. The summed E-state index contributed by atoms with van der Waals surface area (Å²) in [6.45, 7) is 17.0. The fraction of sp³-hybridized carbons (Fsp3) is 0.725. The summed E-state index contributed by atoms with van der Waals surface area (Å²) in [5, 5.41) is 9.99. The molecule has 6 aliphatic rings. The molecule has 0 bridgehead atoms. The average molecular weight is 893 g/mol. The molecule has 0 saturated carbocycles. The Morgan fingerprint density at radius 3 is 2.30 bits per heavy atom. The largest absolute Gasteiger partial charge is 0.497 e. The van der Waals surface area contributed by atoms with Crippen LogP contribution >= 0.6 is 0 Å². The molecule has 6 saturated heterocycles. The maximum Gasteiger partial charge on any atom is 0.338 e. The van der Waals surface area contributed by atoms with E-state index in [1.165, 1.54) is 7.11 Å². The lowest BCUT2D eigenvalue weighted by Gasteiger charge is -2.49. The van der Waals surface area contributed by atoms with Crippen molar-refractivity contribution in [2.75, 3.05) is 20.8 Å². The maximum absolute atomic E-state index is 13.6. The molecule has 13 heteroatoms. The first-order chi connectivity index (χ1) is 30.5. The molecule has 8 rings (SSSR count). The van der Waals surface area contributed by atoms with Crippen molar-refractivity contribution in [1.29, 1.82) is 0 Å². The maximum atomic E-state index is 13.6. The van der Waals surface area contributed by atoms with E-state index >= 15 is 0 Å². The Morgan fingerprint density at radius 2 is 1.62 bits per heavy atom. The third-order valence-corrected chi connectivity index (χ3v) is 16.2. The molecule has 0 aromatic heterocycles. The van der Waals surface area contributed by atoms with E-state index in [2.05, 4.69) is 34.6 Å². The summed E-state index contributed by atoms with van der Waals surface area (Å²) in [6, 6.07) is 16.8. The standard InChI is InChI=1S/C51H72O13/c1-11-49(44-30(3)26-38(58-44)41-29(2)25-31(4)51(62-41)28-57-47(63-51)36-17-19-37(55-9)20-18-36)22-21-40(60-49)48(8)23-24-50(64-48)27-39(59-46(54)35-15-13-12-14-16-35)32(5)43(61-50)33(6)42(56-10)34(7)45(52)53/h12-20,29-34,38-44,47H,11,21-28H2,1-10H3,(H,52,53)/t29-,30-,31+,32+,33-,34-,38-,39-,40+,41-,42+,43-,44+,47+,48+,49-,50+,51+/m0/s1. The first kappa shape index (κ1) is 47.4. The lowest BCUT2D eigenvalue weighted by Crippen LogP contribution is -2.57. The molecular formula is C51H72O13. The van der Waals surface area contributed by atoms with Crippen molar-refractivity contribution < 1.29 is 62.1 Å². The van der Waals surface area contributed by atoms with Gasteiger partial charge in [0.05, 0.1) is 66.4 Å². The number of carbonyl (C=O) groups is 2. The van der Waals surface area contributed by atoms with E-state index in [0.717, 1.165) is 43.4 Å². The van der Waals surface area contributed by atoms with Gasteiger partial charge < -0.3 is 52.5 Å². The van der Waals surface area contributed by atoms with Crippen molar-refractivity contribution in [3.05, 3.63) is 65.7 Å². The monoisotopic (exact) mass is 892 g/mol. The fourth-order valence-corrected chi connectivity index (χ4v) is 12.3. The summed E-state index contributed by atoms with van der Waals surface area (Å²) in [5.41, 5.74) is 0.152. The molecular weight excluding hydrogens is 821 g/mol. The second-order valence-corrected chi connectivity index (χ2v) is 20.4. The van der Waals surface area contributed by atoms with Crippen molar-refractivity contribution in [3.8, 4) is 5.75 Å². The topological polar surface area (TPSA) is 147 Å². The Kier molecular flexibility index (Phi) is 13.7. The Balaban J connectivity index is 0.972. The molecule has 354 valence electrons. The number of carboxylic acids is 1. The van der Waals surface area contributed by atoms with E-state index in [1.807, 2.05) is 56.3 Å². The SMILES string of the molecule is CC[C@@]1([C@@H]2O[C@H]([C@H]3O[C@@]4(CO[C@@H](c5ccc(OC)cc5)O4)[C@H](C)C[C@@H]3C)C[C@@H]2C)CC[C@H]([C@@]2(C)CC[C@]3(C[C@H](OC(=O)c4ccccc4)[C@@H](C)[C@@H]([C@@H](C)[C@@H](OC)[C@H](C)C(=O)O)O3)O2)O1. The average Bonchev–Trinajstić information content (AvgIpc) is 4.10. The van der Waals surface area contributed by atoms with Crippen molar-refractivity contribution in [1.82, 2.24) is 0 Å². The van der Waals surface area contributed by atoms with E-state index in [1.54, 1.807) is 26.2 Å². The Hall–Kier alpha value is -3.14. The van der Waals surface area contributed by atoms with Gasteiger partial charge in [0, 0.05) is 43.3 Å². The molecule has 2 aromatic rings. The number of aliphatic carboxylic acids is 1. The van der Waals surface area contributed by atoms with Crippen LogP contribution in [0.4, 0.5) is 0 Å². The number of benzene rings is 2. The van der Waals surface area contributed by atoms with Crippen molar-refractivity contribution in [3.63, 3.8) is 0 Å². The van der Waals surface area contributed by atoms with Gasteiger partial charge >= 0.3 is 11.9 Å². The van der Waals surface area contributed by atoms with Gasteiger partial charge in [-0.1, -0.05) is 71.9 Å². The van der Waals surface area contributed by atoms with Gasteiger partial charge in [-0.05, 0) is 88.5 Å². The molecule has 18 atom stereocenters. The Bertz CT molecular complexity index is 1930. The molecule has 0 amide bonds. The van der Waals surface area contributed by atoms with E-state index in [-0.39, 0.29) is 54.0 Å². The first-order valence-corrected chi connectivity index (χ1v) is 23.8. The number of methoxy groups -OCH3 is 2. The summed E-state index contributed by atoms with van der Waals surface area (Å²) >= 11 is 0. The molecule has 0 unspecified atom stereocenters. The van der Waals surface area contributed by atoms with Gasteiger partial charge in [-0.2, -0.15) is 0 Å². The molecule has 6 heterocycles. The molecule has 6 fully saturated rings. The van der Waals surface area contributed by atoms with Crippen LogP contribution in [0.5, 0.6) is 5.75 Å². The highest BCUT2D eigenvalue weighted by molar-refractivity contribution is 5.89. The molecule has 1 N–H and O–H groups in total. The minimum absolute atomic E-state index is 0.128. The Morgan fingerprint density at radius 1 is 0.891 bits per heavy atom. The van der Waals surface area contributed by atoms with E-state index < -0.39 is 65.2 Å². The van der Waals surface area contributed by atoms with Gasteiger partial charge in [-0.15, -0.1) is 0 Å². The van der Waals surface area contributed by atoms with Crippen molar-refractivity contribution in [2.24, 2.45) is 35.5 Å². The van der Waals surface area contributed by atoms with Gasteiger partial charge in [0.25, 0.3) is 0 Å². The van der Waals surface area contributed by atoms with Crippen molar-refractivity contribution in [2.45, 2.75) is 179 Å². The van der Waals surface area contributed by atoms with Crippen LogP contribution in [0.15, 0.2) is 54.6 Å². The van der Waals surface area contributed by atoms with Crippen LogP contribution in [-0.4, -0.2) is 103 Å². The zero-order chi connectivity index (χ0) is 45.8. The summed E-state index contributed by atoms with van der Waals surface area (Å²) in [6.07, 6.45) is 2.77. The number of rotatable bonds is 13. The quantitative estimate of drug-likeness (QED) is 0.191. The second kappa shape index (κ2) is 18.5. The molecule has 13 nitrogen and oxygen atoms in total. The van der Waals surface area contributed by atoms with E-state index in [4.69, 9.17) is 47.4 Å². The summed E-state index contributed by atoms with van der Waals surface area (Å²) in [5.74, 6) is -3.37. The van der Waals surface area contributed by atoms with Gasteiger partial charge in [0.1, 0.15) is 18.5 Å². The number of esters is 1. The van der Waals surface area contributed by atoms with E-state index in [9.17, 15) is 14.7 Å². The van der Waals surface area contributed by atoms with Crippen LogP contribution in [0.2, 0.25) is 0 Å². The minimum atomic E-state index is -1.09. The molecule has 0 radical (unpaired) electrons. The van der Waals surface area contributed by atoms with Crippen LogP contribution in [0, 0.1) is 35.5 Å². The fourth-order valence-electron chi connectivity index (χ4n) is 12.3. The van der Waals surface area contributed by atoms with Gasteiger partial charge in [0.15, 0.2) is 17.9 Å². The predicted octanol–water partition coefficient (Wildman–Crippen LogP) is 8.91. The number of carboxylic acid groups (broad SMARTS) is 1. The molecule has 0 aliphatic carbocycles. The van der Waals surface area contributed by atoms with Gasteiger partial charge in [-0.3, -0.25) is 4.79 Å². The third kappa shape index (κ3) is 8.77. The predicted molar refractivity (Wildman–Crippen MR) is 235 cm³/mol. The highest BCUT2D eigenvalue weighted by Gasteiger charge is 2.63. The second-order valence-electron chi connectivity index (χ2n) is 20.4. The number of carbonyl (C=O) groups excluding carboxylic acids is 1. The third-order valence-electron chi connectivity index (χ3n) is 16.2. The molecule has 64 heavy (non-hydrogen) atoms. The number of ether oxygens (including phenoxy) is 10. The van der Waals surface area contributed by atoms with Crippen LogP contribution in [-0.2, 0) is 47.4 Å². The van der Waals surface area contributed by atoms with E-state index in [0.29, 0.717) is 31.4 Å². The lowest BCUT2D eigenvalue weighted by atomic mass is 9.78. The highest BCUT2D eigenvalue weighted by Crippen LogP contribution is 2.56. The van der Waals surface area contributed by atoms with Gasteiger partial charge in [0.2, 0.25) is 0 Å². The first-order valence-electron chi connectivity index (χ1n) is 23.8. The number of hydrogen-bond acceptors (Lipinski definition) is 12. The lowest BCUT2D eigenvalue weighted by molar-refractivity contribution is -0.335. The number of hydrogen-bond donors (Lipinski definition) is 1. The molecule has 2 aromatic carbocycles. The smallest absolute Gasteiger partial charge is 0.338 e. The van der Waals surface area contributed by atoms with Crippen molar-refractivity contribution >= 4 is 11.9 Å². The van der Waals surface area contributed by atoms with Crippen LogP contribution < -0.4 is 4.74 Å². The summed E-state index contributed by atoms with van der Waals surface area (Å²) < 4.78 is 66.3. The Labute approximate surface area is 379 Å². The van der Waals surface area contributed by atoms with Crippen LogP contribution in [0.3, 0.4) is 0 Å². The molecule has 6 aliphatic heterocycles. The minimum Gasteiger partial charge on any atom is -0.497 e. The zero-order valence-electron chi connectivity index (χ0n) is 39.5. The highest BCUT2D eigenvalue weighted by atomic mass is 16.8. The zero-order valence-corrected chi connectivity index (χ0v) is 39.5. The van der Waals surface area contributed by atoms with Crippen LogP contribution in [0.1, 0.15) is 129 Å². The van der Waals surface area contributed by atoms with Crippen LogP contribution in [0.25, 0.3) is 0 Å². The van der Waals surface area contributed by atoms with Gasteiger partial charge in [-0.25, -0.2) is 4.79 Å². The summed E-state index contributed by atoms with van der Waals surface area (Å²) in [7, 11) is 3.19. The normalized spacial score (nSPS) is 42.4. The molecule has 2 spiro atoms.